The van der Waals surface area contributed by atoms with Crippen LogP contribution in [-0.2, 0) is 5.41 Å². The number of anilines is 3. The number of para-hydroxylation sites is 3. The highest BCUT2D eigenvalue weighted by Gasteiger charge is 2.36. The summed E-state index contributed by atoms with van der Waals surface area (Å²) in [7, 11) is 0. The van der Waals surface area contributed by atoms with Crippen molar-refractivity contribution in [1.29, 1.82) is 0 Å². The molecule has 0 atom stereocenters. The van der Waals surface area contributed by atoms with E-state index in [4.69, 9.17) is 4.42 Å². The molecule has 308 valence electrons. The van der Waals surface area contributed by atoms with E-state index in [1.165, 1.54) is 66.8 Å². The Balaban J connectivity index is 0.923. The lowest BCUT2D eigenvalue weighted by molar-refractivity contribution is 0.660. The summed E-state index contributed by atoms with van der Waals surface area (Å²) in [6.45, 7) is 4.76. The summed E-state index contributed by atoms with van der Waals surface area (Å²) in [6.07, 6.45) is 0. The van der Waals surface area contributed by atoms with Crippen molar-refractivity contribution < 1.29 is 4.42 Å². The van der Waals surface area contributed by atoms with Crippen molar-refractivity contribution in [3.05, 3.63) is 248 Å². The zero-order chi connectivity index (χ0) is 43.5. The third-order valence-electron chi connectivity index (χ3n) is 13.5. The van der Waals surface area contributed by atoms with Crippen LogP contribution in [0, 0.1) is 0 Å². The second-order valence-electron chi connectivity index (χ2n) is 17.7. The van der Waals surface area contributed by atoms with Gasteiger partial charge >= 0.3 is 0 Å². The maximum Gasteiger partial charge on any atom is 0.143 e. The fourth-order valence-electron chi connectivity index (χ4n) is 10.1. The van der Waals surface area contributed by atoms with Crippen molar-refractivity contribution in [3.8, 4) is 66.8 Å². The first-order chi connectivity index (χ1) is 32.0. The molecule has 0 spiro atoms. The van der Waals surface area contributed by atoms with Gasteiger partial charge in [-0.15, -0.1) is 0 Å². The third kappa shape index (κ3) is 6.65. The number of benzene rings is 10. The van der Waals surface area contributed by atoms with Gasteiger partial charge in [-0.25, -0.2) is 0 Å². The Morgan fingerprint density at radius 2 is 0.815 bits per heavy atom. The number of nitrogens with zero attached hydrogens (tertiary/aromatic N) is 1. The highest BCUT2D eigenvalue weighted by Crippen LogP contribution is 2.52. The monoisotopic (exact) mass is 831 g/mol. The van der Waals surface area contributed by atoms with E-state index in [1.54, 1.807) is 0 Å². The molecule has 0 unspecified atom stereocenters. The average Bonchev–Trinajstić information content (AvgIpc) is 3.86. The highest BCUT2D eigenvalue weighted by molar-refractivity contribution is 6.09. The van der Waals surface area contributed by atoms with Crippen LogP contribution in [0.3, 0.4) is 0 Å². The van der Waals surface area contributed by atoms with Gasteiger partial charge in [0.05, 0.1) is 5.69 Å². The summed E-state index contributed by atoms with van der Waals surface area (Å²) in [5.41, 5.74) is 22.0. The van der Waals surface area contributed by atoms with Crippen molar-refractivity contribution in [2.45, 2.75) is 19.3 Å². The Kier molecular flexibility index (Phi) is 9.21. The lowest BCUT2D eigenvalue weighted by atomic mass is 9.81. The third-order valence-corrected chi connectivity index (χ3v) is 13.5. The van der Waals surface area contributed by atoms with E-state index in [1.807, 2.05) is 6.07 Å². The second-order valence-corrected chi connectivity index (χ2v) is 17.7. The van der Waals surface area contributed by atoms with Gasteiger partial charge in [-0.1, -0.05) is 208 Å². The fourth-order valence-corrected chi connectivity index (χ4v) is 10.1. The first-order valence-corrected chi connectivity index (χ1v) is 22.5. The summed E-state index contributed by atoms with van der Waals surface area (Å²) in [5.74, 6) is 0. The van der Waals surface area contributed by atoms with E-state index in [0.29, 0.717) is 0 Å². The van der Waals surface area contributed by atoms with Crippen LogP contribution in [0.5, 0.6) is 0 Å². The van der Waals surface area contributed by atoms with Crippen LogP contribution in [0.15, 0.2) is 241 Å². The van der Waals surface area contributed by atoms with E-state index in [0.717, 1.165) is 50.1 Å². The molecule has 0 saturated carbocycles. The van der Waals surface area contributed by atoms with Crippen molar-refractivity contribution >= 4 is 39.0 Å². The van der Waals surface area contributed by atoms with Gasteiger partial charge in [0.15, 0.2) is 0 Å². The summed E-state index contributed by atoms with van der Waals surface area (Å²) < 4.78 is 6.55. The van der Waals surface area contributed by atoms with E-state index >= 15 is 0 Å². The average molecular weight is 832 g/mol. The fraction of sp³-hybridized carbons (Fsp3) is 0.0476. The van der Waals surface area contributed by atoms with Crippen LogP contribution in [0.25, 0.3) is 88.7 Å². The SMILES string of the molecule is CC1(C)c2cc(-c3ccc(-c4ccc(-c5ccccc5)cc4)cc3)ccc2-c2ccc(N(c3cccc(-c4cccc5c4oc4ccccc45)c3)c3ccccc3-c3ccccc3)cc21. The topological polar surface area (TPSA) is 16.4 Å². The van der Waals surface area contributed by atoms with Crippen LogP contribution in [-0.4, -0.2) is 0 Å². The molecule has 2 heteroatoms. The van der Waals surface area contributed by atoms with Gasteiger partial charge in [0.1, 0.15) is 11.2 Å². The number of fused-ring (bicyclic) bond motifs is 6. The van der Waals surface area contributed by atoms with Gasteiger partial charge in [0.25, 0.3) is 0 Å². The Morgan fingerprint density at radius 3 is 1.54 bits per heavy atom. The van der Waals surface area contributed by atoms with E-state index in [-0.39, 0.29) is 5.41 Å². The zero-order valence-electron chi connectivity index (χ0n) is 36.4. The Bertz CT molecular complexity index is 3540. The molecular formula is C63H45NO. The Morgan fingerprint density at radius 1 is 0.323 bits per heavy atom. The summed E-state index contributed by atoms with van der Waals surface area (Å²) in [6, 6.07) is 85.8. The molecule has 0 saturated heterocycles. The molecular weight excluding hydrogens is 787 g/mol. The van der Waals surface area contributed by atoms with Gasteiger partial charge in [-0.3, -0.25) is 0 Å². The van der Waals surface area contributed by atoms with Crippen LogP contribution >= 0.6 is 0 Å². The first kappa shape index (κ1) is 38.5. The van der Waals surface area contributed by atoms with Crippen molar-refractivity contribution in [2.24, 2.45) is 0 Å². The number of hydrogen-bond acceptors (Lipinski definition) is 2. The number of rotatable bonds is 8. The normalized spacial score (nSPS) is 12.6. The summed E-state index contributed by atoms with van der Waals surface area (Å²) in [5, 5.41) is 2.26. The molecule has 1 aliphatic rings. The molecule has 11 aromatic rings. The van der Waals surface area contributed by atoms with E-state index < -0.39 is 0 Å². The molecule has 0 fully saturated rings. The smallest absolute Gasteiger partial charge is 0.143 e. The van der Waals surface area contributed by atoms with Crippen molar-refractivity contribution in [2.75, 3.05) is 4.90 Å². The standard InChI is InChI=1S/C63H45NO/c1-63(2)58-40-48(46-33-31-45(32-34-46)44-29-27-43(28-30-44)42-15-5-3-6-16-42)35-37-54(58)55-38-36-51(41-59(55)63)64(60-25-11-9-21-52(60)47-17-7-4-8-18-47)50-20-13-19-49(39-50)53-23-14-24-57-56-22-10-12-26-61(56)65-62(53)57/h3-41H,1-2H3. The minimum Gasteiger partial charge on any atom is -0.455 e. The molecule has 2 nitrogen and oxygen atoms in total. The molecule has 0 N–H and O–H groups in total. The molecule has 0 bridgehead atoms. The Labute approximate surface area is 380 Å². The van der Waals surface area contributed by atoms with Gasteiger partial charge in [0.2, 0.25) is 0 Å². The van der Waals surface area contributed by atoms with Gasteiger partial charge < -0.3 is 9.32 Å². The lowest BCUT2D eigenvalue weighted by Crippen LogP contribution is -2.17. The van der Waals surface area contributed by atoms with Crippen molar-refractivity contribution in [3.63, 3.8) is 0 Å². The lowest BCUT2D eigenvalue weighted by Gasteiger charge is -2.30. The summed E-state index contributed by atoms with van der Waals surface area (Å²) in [4.78, 5) is 2.44. The first-order valence-electron chi connectivity index (χ1n) is 22.5. The van der Waals surface area contributed by atoms with Crippen LogP contribution in [0.1, 0.15) is 25.0 Å². The zero-order valence-corrected chi connectivity index (χ0v) is 36.4. The van der Waals surface area contributed by atoms with Gasteiger partial charge in [-0.2, -0.15) is 0 Å². The van der Waals surface area contributed by atoms with Crippen LogP contribution < -0.4 is 4.90 Å². The second kappa shape index (κ2) is 15.6. The maximum absolute atomic E-state index is 6.55. The molecule has 10 aromatic carbocycles. The number of hydrogen-bond donors (Lipinski definition) is 0. The molecule has 1 aromatic heterocycles. The predicted octanol–water partition coefficient (Wildman–Crippen LogP) is 17.7. The highest BCUT2D eigenvalue weighted by atomic mass is 16.3. The van der Waals surface area contributed by atoms with Crippen molar-refractivity contribution in [1.82, 2.24) is 0 Å². The maximum atomic E-state index is 6.55. The summed E-state index contributed by atoms with van der Waals surface area (Å²) >= 11 is 0. The Hall–Kier alpha value is -8.20. The molecule has 1 heterocycles. The van der Waals surface area contributed by atoms with Crippen LogP contribution in [0.2, 0.25) is 0 Å². The predicted molar refractivity (Wildman–Crippen MR) is 273 cm³/mol. The minimum absolute atomic E-state index is 0.236. The molecule has 0 radical (unpaired) electrons. The van der Waals surface area contributed by atoms with Crippen LogP contribution in [0.4, 0.5) is 17.1 Å². The molecule has 1 aliphatic carbocycles. The number of furan rings is 1. The molecule has 12 rings (SSSR count). The molecule has 0 amide bonds. The van der Waals surface area contributed by atoms with Gasteiger partial charge in [0, 0.05) is 38.7 Å². The quantitative estimate of drug-likeness (QED) is 0.152. The van der Waals surface area contributed by atoms with Gasteiger partial charge in [-0.05, 0) is 109 Å². The molecule has 65 heavy (non-hydrogen) atoms. The van der Waals surface area contributed by atoms with E-state index in [2.05, 4.69) is 249 Å². The minimum atomic E-state index is -0.236. The molecule has 0 aliphatic heterocycles. The largest absolute Gasteiger partial charge is 0.455 e. The van der Waals surface area contributed by atoms with E-state index in [9.17, 15) is 0 Å².